The minimum absolute atomic E-state index is 0.143. The van der Waals surface area contributed by atoms with Crippen LogP contribution in [-0.2, 0) is 9.59 Å². The van der Waals surface area contributed by atoms with Gasteiger partial charge in [0.15, 0.2) is 0 Å². The van der Waals surface area contributed by atoms with Crippen LogP contribution in [0, 0.1) is 11.3 Å². The number of rotatable bonds is 1. The Morgan fingerprint density at radius 2 is 1.50 bits per heavy atom. The number of carbonyl (C=O) groups excluding carboxylic acids is 1. The maximum absolute atomic E-state index is 11.2. The number of carbonyl (C=O) groups is 2. The summed E-state index contributed by atoms with van der Waals surface area (Å²) < 4.78 is 0. The molecule has 114 valence electrons. The first-order valence-corrected chi connectivity index (χ1v) is 6.52. The maximum Gasteiger partial charge on any atom is 0.300 e. The first-order chi connectivity index (χ1) is 8.83. The number of carboxylic acids is 1. The number of nitrogens with zero attached hydrogens (tertiary/aromatic N) is 1. The molecule has 6 nitrogen and oxygen atoms in total. The summed E-state index contributed by atoms with van der Waals surface area (Å²) in [5.74, 6) is -0.977. The highest BCUT2D eigenvalue weighted by Gasteiger charge is 2.47. The lowest BCUT2D eigenvalue weighted by molar-refractivity contribution is -0.134. The van der Waals surface area contributed by atoms with Crippen LogP contribution in [0.1, 0.15) is 54.4 Å². The van der Waals surface area contributed by atoms with Crippen LogP contribution in [0.2, 0.25) is 0 Å². The summed E-state index contributed by atoms with van der Waals surface area (Å²) in [4.78, 5) is 20.2. The fourth-order valence-electron chi connectivity index (χ4n) is 3.11. The second-order valence-electron chi connectivity index (χ2n) is 6.64. The largest absolute Gasteiger partial charge is 0.481 e. The monoisotopic (exact) mass is 283 g/mol. The Labute approximate surface area is 120 Å². The van der Waals surface area contributed by atoms with E-state index in [-0.39, 0.29) is 17.0 Å². The third kappa shape index (κ3) is 6.53. The number of amides is 1. The van der Waals surface area contributed by atoms with Crippen LogP contribution in [0.3, 0.4) is 0 Å². The topological polar surface area (TPSA) is 102 Å². The van der Waals surface area contributed by atoms with Crippen molar-refractivity contribution in [2.24, 2.45) is 0 Å². The van der Waals surface area contributed by atoms with Crippen LogP contribution >= 0.6 is 0 Å². The Morgan fingerprint density at radius 1 is 1.15 bits per heavy atom. The van der Waals surface area contributed by atoms with E-state index in [0.29, 0.717) is 12.8 Å². The number of piperidine rings is 1. The zero-order valence-electron chi connectivity index (χ0n) is 13.1. The van der Waals surface area contributed by atoms with Crippen molar-refractivity contribution in [3.63, 3.8) is 0 Å². The zero-order chi connectivity index (χ0) is 16.2. The Balaban J connectivity index is 0.000000796. The molecule has 0 aromatic heterocycles. The highest BCUT2D eigenvalue weighted by molar-refractivity contribution is 5.74. The number of aliphatic carboxylic acids is 1. The molecule has 1 heterocycles. The van der Waals surface area contributed by atoms with E-state index < -0.39 is 11.5 Å². The molecule has 1 aliphatic rings. The van der Waals surface area contributed by atoms with Crippen LogP contribution in [0.15, 0.2) is 0 Å². The molecule has 0 atom stereocenters. The molecule has 0 unspecified atom stereocenters. The lowest BCUT2D eigenvalue weighted by Crippen LogP contribution is -2.67. The van der Waals surface area contributed by atoms with Gasteiger partial charge in [-0.3, -0.25) is 9.59 Å². The van der Waals surface area contributed by atoms with Gasteiger partial charge in [-0.1, -0.05) is 0 Å². The fourth-order valence-corrected chi connectivity index (χ4v) is 3.11. The first kappa shape index (κ1) is 18.4. The lowest BCUT2D eigenvalue weighted by atomic mass is 9.71. The van der Waals surface area contributed by atoms with Gasteiger partial charge >= 0.3 is 0 Å². The van der Waals surface area contributed by atoms with E-state index in [0.717, 1.165) is 6.92 Å². The van der Waals surface area contributed by atoms with E-state index in [4.69, 9.17) is 9.90 Å². The molecule has 0 spiro atoms. The Kier molecular flexibility index (Phi) is 5.73. The molecule has 3 N–H and O–H groups in total. The zero-order valence-corrected chi connectivity index (χ0v) is 13.1. The number of nitriles is 1. The van der Waals surface area contributed by atoms with Gasteiger partial charge in [-0.2, -0.15) is 5.26 Å². The highest BCUT2D eigenvalue weighted by atomic mass is 16.4. The van der Waals surface area contributed by atoms with Gasteiger partial charge in [0.2, 0.25) is 5.91 Å². The smallest absolute Gasteiger partial charge is 0.300 e. The van der Waals surface area contributed by atoms with Gasteiger partial charge in [0.1, 0.15) is 5.54 Å². The van der Waals surface area contributed by atoms with Crippen molar-refractivity contribution in [2.75, 3.05) is 0 Å². The molecule has 0 bridgehead atoms. The fraction of sp³-hybridized carbons (Fsp3) is 0.786. The van der Waals surface area contributed by atoms with E-state index in [1.54, 1.807) is 0 Å². The van der Waals surface area contributed by atoms with Gasteiger partial charge < -0.3 is 15.7 Å². The van der Waals surface area contributed by atoms with Crippen molar-refractivity contribution < 1.29 is 14.7 Å². The molecule has 0 radical (unpaired) electrons. The van der Waals surface area contributed by atoms with Crippen molar-refractivity contribution >= 4 is 11.9 Å². The average Bonchev–Trinajstić information content (AvgIpc) is 2.09. The van der Waals surface area contributed by atoms with Gasteiger partial charge in [0.25, 0.3) is 5.97 Å². The Morgan fingerprint density at radius 3 is 1.75 bits per heavy atom. The number of hydrogen-bond acceptors (Lipinski definition) is 4. The van der Waals surface area contributed by atoms with Crippen LogP contribution < -0.4 is 10.6 Å². The van der Waals surface area contributed by atoms with Crippen molar-refractivity contribution in [3.8, 4) is 6.07 Å². The lowest BCUT2D eigenvalue weighted by Gasteiger charge is -2.50. The summed E-state index contributed by atoms with van der Waals surface area (Å²) in [5.41, 5.74) is -1.05. The first-order valence-electron chi connectivity index (χ1n) is 6.52. The normalized spacial score (nSPS) is 21.6. The van der Waals surface area contributed by atoms with Crippen LogP contribution in [0.25, 0.3) is 0 Å². The van der Waals surface area contributed by atoms with Crippen LogP contribution in [0.4, 0.5) is 0 Å². The molecular formula is C14H25N3O3. The SMILES string of the molecule is CC(=O)NC1(C#N)CC(C)(C)NC(C)(C)C1.CC(=O)O. The van der Waals surface area contributed by atoms with Crippen molar-refractivity contribution in [3.05, 3.63) is 0 Å². The van der Waals surface area contributed by atoms with Gasteiger partial charge in [-0.25, -0.2) is 0 Å². The maximum atomic E-state index is 11.2. The second kappa shape index (κ2) is 6.23. The molecule has 0 saturated carbocycles. The molecule has 1 rings (SSSR count). The molecular weight excluding hydrogens is 258 g/mol. The van der Waals surface area contributed by atoms with E-state index in [1.165, 1.54) is 6.92 Å². The van der Waals surface area contributed by atoms with Gasteiger partial charge in [-0.15, -0.1) is 0 Å². The van der Waals surface area contributed by atoms with Crippen molar-refractivity contribution in [1.29, 1.82) is 5.26 Å². The van der Waals surface area contributed by atoms with E-state index in [1.807, 2.05) is 0 Å². The Bertz CT molecular complexity index is 402. The number of hydrogen-bond donors (Lipinski definition) is 3. The summed E-state index contributed by atoms with van der Waals surface area (Å²) >= 11 is 0. The van der Waals surface area contributed by atoms with E-state index >= 15 is 0 Å². The molecule has 0 aromatic rings. The molecule has 0 aromatic carbocycles. The summed E-state index contributed by atoms with van der Waals surface area (Å²) in [6.07, 6.45) is 1.25. The molecule has 1 saturated heterocycles. The predicted molar refractivity (Wildman–Crippen MR) is 76.0 cm³/mol. The molecule has 0 aliphatic carbocycles. The summed E-state index contributed by atoms with van der Waals surface area (Å²) in [6, 6.07) is 2.29. The van der Waals surface area contributed by atoms with Gasteiger partial charge in [0.05, 0.1) is 6.07 Å². The van der Waals surface area contributed by atoms with Gasteiger partial charge in [0, 0.05) is 37.8 Å². The summed E-state index contributed by atoms with van der Waals surface area (Å²) in [7, 11) is 0. The number of carboxylic acid groups (broad SMARTS) is 1. The summed E-state index contributed by atoms with van der Waals surface area (Å²) in [6.45, 7) is 10.8. The third-order valence-electron chi connectivity index (χ3n) is 2.79. The average molecular weight is 283 g/mol. The second-order valence-corrected chi connectivity index (χ2v) is 6.64. The molecule has 1 aliphatic heterocycles. The van der Waals surface area contributed by atoms with Crippen molar-refractivity contribution in [1.82, 2.24) is 10.6 Å². The number of nitrogens with one attached hydrogen (secondary N) is 2. The summed E-state index contributed by atoms with van der Waals surface area (Å²) in [5, 5.41) is 23.1. The molecule has 1 fully saturated rings. The van der Waals surface area contributed by atoms with Crippen molar-refractivity contribution in [2.45, 2.75) is 71.0 Å². The molecule has 20 heavy (non-hydrogen) atoms. The quantitative estimate of drug-likeness (QED) is 0.675. The van der Waals surface area contributed by atoms with Crippen LogP contribution in [-0.4, -0.2) is 33.6 Å². The third-order valence-corrected chi connectivity index (χ3v) is 2.79. The standard InChI is InChI=1S/C12H21N3O.C2H4O2/c1-9(16)14-12(8-13)6-10(2,3)15-11(4,5)7-12;1-2(3)4/h15H,6-7H2,1-5H3,(H,14,16);1H3,(H,3,4). The van der Waals surface area contributed by atoms with Crippen LogP contribution in [0.5, 0.6) is 0 Å². The minimum Gasteiger partial charge on any atom is -0.481 e. The molecule has 1 amide bonds. The van der Waals surface area contributed by atoms with Gasteiger partial charge in [-0.05, 0) is 27.7 Å². The highest BCUT2D eigenvalue weighted by Crippen LogP contribution is 2.35. The molecule has 6 heteroatoms. The predicted octanol–water partition coefficient (Wildman–Crippen LogP) is 1.42. The van der Waals surface area contributed by atoms with E-state index in [9.17, 15) is 10.1 Å². The Hall–Kier alpha value is -1.61. The van der Waals surface area contributed by atoms with E-state index in [2.05, 4.69) is 44.4 Å². The minimum atomic E-state index is -0.833.